The van der Waals surface area contributed by atoms with Gasteiger partial charge in [-0.05, 0) is 72.2 Å². The van der Waals surface area contributed by atoms with Gasteiger partial charge in [-0.2, -0.15) is 0 Å². The zero-order chi connectivity index (χ0) is 22.2. The Morgan fingerprint density at radius 2 is 1.71 bits per heavy atom. The van der Waals surface area contributed by atoms with Gasteiger partial charge in [0.1, 0.15) is 5.75 Å². The molecule has 0 fully saturated rings. The lowest BCUT2D eigenvalue weighted by atomic mass is 9.91. The van der Waals surface area contributed by atoms with E-state index in [1.54, 1.807) is 20.3 Å². The van der Waals surface area contributed by atoms with Gasteiger partial charge in [-0.3, -0.25) is 0 Å². The predicted octanol–water partition coefficient (Wildman–Crippen LogP) is 6.62. The smallest absolute Gasteiger partial charge is 0.161 e. The molecule has 3 aromatic rings. The number of ether oxygens (including phenoxy) is 2. The van der Waals surface area contributed by atoms with Gasteiger partial charge < -0.3 is 14.6 Å². The molecule has 3 rings (SSSR count). The van der Waals surface area contributed by atoms with E-state index in [9.17, 15) is 5.11 Å². The third-order valence-electron chi connectivity index (χ3n) is 5.52. The van der Waals surface area contributed by atoms with Crippen molar-refractivity contribution in [3.8, 4) is 17.2 Å². The van der Waals surface area contributed by atoms with Crippen LogP contribution in [0.3, 0.4) is 0 Å². The van der Waals surface area contributed by atoms with Crippen LogP contribution < -0.4 is 9.47 Å². The molecule has 0 amide bonds. The van der Waals surface area contributed by atoms with Gasteiger partial charge in [0.2, 0.25) is 0 Å². The second-order valence-electron chi connectivity index (χ2n) is 7.55. The molecule has 3 heteroatoms. The van der Waals surface area contributed by atoms with Gasteiger partial charge in [-0.1, -0.05) is 61.2 Å². The van der Waals surface area contributed by atoms with E-state index in [1.165, 1.54) is 11.1 Å². The first-order chi connectivity index (χ1) is 15.0. The molecule has 0 aliphatic rings. The van der Waals surface area contributed by atoms with Crippen LogP contribution in [0.2, 0.25) is 0 Å². The summed E-state index contributed by atoms with van der Waals surface area (Å²) in [6.07, 6.45) is 6.67. The molecule has 0 aliphatic heterocycles. The van der Waals surface area contributed by atoms with Gasteiger partial charge in [0.05, 0.1) is 14.2 Å². The summed E-state index contributed by atoms with van der Waals surface area (Å²) in [4.78, 5) is 0. The molecule has 3 nitrogen and oxygen atoms in total. The summed E-state index contributed by atoms with van der Waals surface area (Å²) in [5.74, 6) is 1.72. The van der Waals surface area contributed by atoms with Crippen molar-refractivity contribution in [2.75, 3.05) is 14.2 Å². The minimum absolute atomic E-state index is 0.295. The fraction of sp³-hybridized carbons (Fsp3) is 0.214. The SMILES string of the molecule is C=C(CCc1ccccc1)c1c(O)ccc(C/C=C/c2ccc(OC)c(OC)c2)c1C. The van der Waals surface area contributed by atoms with Crippen LogP contribution in [-0.2, 0) is 12.8 Å². The van der Waals surface area contributed by atoms with E-state index in [-0.39, 0.29) is 0 Å². The van der Waals surface area contributed by atoms with Crippen LogP contribution >= 0.6 is 0 Å². The van der Waals surface area contributed by atoms with Crippen LogP contribution in [-0.4, -0.2) is 19.3 Å². The molecule has 0 heterocycles. The third kappa shape index (κ3) is 5.58. The van der Waals surface area contributed by atoms with Gasteiger partial charge >= 0.3 is 0 Å². The maximum absolute atomic E-state index is 10.5. The second kappa shape index (κ2) is 10.5. The zero-order valence-corrected chi connectivity index (χ0v) is 18.5. The zero-order valence-electron chi connectivity index (χ0n) is 18.5. The van der Waals surface area contributed by atoms with Crippen molar-refractivity contribution in [2.45, 2.75) is 26.2 Å². The summed E-state index contributed by atoms with van der Waals surface area (Å²) in [6, 6.07) is 20.0. The summed E-state index contributed by atoms with van der Waals surface area (Å²) in [7, 11) is 3.27. The van der Waals surface area contributed by atoms with Crippen molar-refractivity contribution in [1.29, 1.82) is 0 Å². The van der Waals surface area contributed by atoms with Gasteiger partial charge in [0, 0.05) is 5.56 Å². The molecule has 0 aromatic heterocycles. The molecule has 31 heavy (non-hydrogen) atoms. The molecule has 0 spiro atoms. The summed E-state index contributed by atoms with van der Waals surface area (Å²) >= 11 is 0. The van der Waals surface area contributed by atoms with Crippen molar-refractivity contribution < 1.29 is 14.6 Å². The first kappa shape index (κ1) is 22.2. The number of hydrogen-bond acceptors (Lipinski definition) is 3. The Bertz CT molecular complexity index is 1070. The quantitative estimate of drug-likeness (QED) is 0.428. The second-order valence-corrected chi connectivity index (χ2v) is 7.55. The average Bonchev–Trinajstić information content (AvgIpc) is 2.79. The standard InChI is InChI=1S/C28H30O3/c1-20(13-14-22-9-6-5-7-10-22)28-21(2)24(16-17-25(28)29)12-8-11-23-15-18-26(30-3)27(19-23)31-4/h5-11,15-19,29H,1,12-14H2,2-4H3/b11-8+. The highest BCUT2D eigenvalue weighted by atomic mass is 16.5. The van der Waals surface area contributed by atoms with Crippen molar-refractivity contribution >= 4 is 11.6 Å². The third-order valence-corrected chi connectivity index (χ3v) is 5.52. The van der Waals surface area contributed by atoms with Crippen LogP contribution in [0.5, 0.6) is 17.2 Å². The van der Waals surface area contributed by atoms with E-state index in [4.69, 9.17) is 9.47 Å². The molecule has 160 valence electrons. The first-order valence-electron chi connectivity index (χ1n) is 10.5. The van der Waals surface area contributed by atoms with E-state index in [0.717, 1.165) is 41.5 Å². The Kier molecular flexibility index (Phi) is 7.55. The number of aryl methyl sites for hydroxylation is 1. The molecule has 0 atom stereocenters. The minimum atomic E-state index is 0.295. The topological polar surface area (TPSA) is 38.7 Å². The Hall–Kier alpha value is -3.46. The summed E-state index contributed by atoms with van der Waals surface area (Å²) in [5, 5.41) is 10.5. The first-order valence-corrected chi connectivity index (χ1v) is 10.5. The van der Waals surface area contributed by atoms with Crippen molar-refractivity contribution in [2.24, 2.45) is 0 Å². The van der Waals surface area contributed by atoms with E-state index in [2.05, 4.69) is 37.8 Å². The largest absolute Gasteiger partial charge is 0.507 e. The highest BCUT2D eigenvalue weighted by Gasteiger charge is 2.12. The molecule has 0 unspecified atom stereocenters. The number of benzene rings is 3. The van der Waals surface area contributed by atoms with Gasteiger partial charge in [-0.25, -0.2) is 0 Å². The Balaban J connectivity index is 1.73. The van der Waals surface area contributed by atoms with Crippen LogP contribution in [0.4, 0.5) is 0 Å². The Morgan fingerprint density at radius 1 is 0.968 bits per heavy atom. The molecule has 0 radical (unpaired) electrons. The van der Waals surface area contributed by atoms with Crippen LogP contribution in [0, 0.1) is 6.92 Å². The summed E-state index contributed by atoms with van der Waals surface area (Å²) < 4.78 is 10.7. The molecular weight excluding hydrogens is 384 g/mol. The molecule has 3 aromatic carbocycles. The maximum atomic E-state index is 10.5. The maximum Gasteiger partial charge on any atom is 0.161 e. The van der Waals surface area contributed by atoms with Crippen molar-refractivity contribution in [1.82, 2.24) is 0 Å². The predicted molar refractivity (Wildman–Crippen MR) is 129 cm³/mol. The highest BCUT2D eigenvalue weighted by Crippen LogP contribution is 2.33. The number of phenolic OH excluding ortho intramolecular Hbond substituents is 1. The van der Waals surface area contributed by atoms with E-state index in [1.807, 2.05) is 42.5 Å². The number of methoxy groups -OCH3 is 2. The minimum Gasteiger partial charge on any atom is -0.507 e. The van der Waals surface area contributed by atoms with Crippen LogP contribution in [0.25, 0.3) is 11.6 Å². The van der Waals surface area contributed by atoms with Crippen molar-refractivity contribution in [3.05, 3.63) is 101 Å². The Labute approximate surface area is 185 Å². The van der Waals surface area contributed by atoms with Gasteiger partial charge in [-0.15, -0.1) is 0 Å². The molecule has 0 saturated heterocycles. The fourth-order valence-corrected chi connectivity index (χ4v) is 3.75. The van der Waals surface area contributed by atoms with E-state index < -0.39 is 0 Å². The normalized spacial score (nSPS) is 10.9. The average molecular weight is 415 g/mol. The van der Waals surface area contributed by atoms with E-state index >= 15 is 0 Å². The van der Waals surface area contributed by atoms with E-state index in [0.29, 0.717) is 17.2 Å². The molecule has 0 saturated carbocycles. The lowest BCUT2D eigenvalue weighted by Crippen LogP contribution is -1.97. The molecule has 0 aliphatic carbocycles. The van der Waals surface area contributed by atoms with Crippen molar-refractivity contribution in [3.63, 3.8) is 0 Å². The number of allylic oxidation sites excluding steroid dienone is 2. The molecule has 0 bridgehead atoms. The number of phenols is 1. The monoisotopic (exact) mass is 414 g/mol. The van der Waals surface area contributed by atoms with Crippen LogP contribution in [0.1, 0.15) is 34.2 Å². The summed E-state index contributed by atoms with van der Waals surface area (Å²) in [5.41, 5.74) is 6.40. The molecular formula is C28H30O3. The number of hydrogen-bond donors (Lipinski definition) is 1. The lowest BCUT2D eigenvalue weighted by Gasteiger charge is -2.15. The summed E-state index contributed by atoms with van der Waals surface area (Å²) in [6.45, 7) is 6.32. The molecule has 1 N–H and O–H groups in total. The Morgan fingerprint density at radius 3 is 2.42 bits per heavy atom. The number of aromatic hydroxyl groups is 1. The van der Waals surface area contributed by atoms with Gasteiger partial charge in [0.25, 0.3) is 0 Å². The highest BCUT2D eigenvalue weighted by molar-refractivity contribution is 5.72. The number of rotatable bonds is 9. The van der Waals surface area contributed by atoms with Crippen LogP contribution in [0.15, 0.2) is 73.3 Å². The van der Waals surface area contributed by atoms with Gasteiger partial charge in [0.15, 0.2) is 11.5 Å². The lowest BCUT2D eigenvalue weighted by molar-refractivity contribution is 0.355. The fourth-order valence-electron chi connectivity index (χ4n) is 3.75.